The number of anilines is 1. The summed E-state index contributed by atoms with van der Waals surface area (Å²) in [6.07, 6.45) is -2.59. The monoisotopic (exact) mass is 531 g/mol. The van der Waals surface area contributed by atoms with Crippen LogP contribution in [-0.2, 0) is 20.7 Å². The lowest BCUT2D eigenvalue weighted by Gasteiger charge is -2.26. The standard InChI is InChI=1S/C26H30Cl2F3NO3/c1-5-6-13-35-25(34)15(2)14-19-9-12-21(28)23(16(19)3)32-24(33)22(17(4)26(29,30)31)18-7-10-20(27)11-8-18/h7-12,15,17,22H,5-6,13-14H2,1-4H3,(H,32,33)/t15-,17+,22-/m0/s1. The van der Waals surface area contributed by atoms with Gasteiger partial charge in [0.05, 0.1) is 35.1 Å². The van der Waals surface area contributed by atoms with Gasteiger partial charge in [-0.2, -0.15) is 13.2 Å². The largest absolute Gasteiger partial charge is 0.465 e. The molecular formula is C26H30Cl2F3NO3. The van der Waals surface area contributed by atoms with E-state index in [0.29, 0.717) is 23.6 Å². The number of rotatable bonds is 10. The number of unbranched alkanes of at least 4 members (excludes halogenated alkanes) is 1. The minimum absolute atomic E-state index is 0.185. The summed E-state index contributed by atoms with van der Waals surface area (Å²) in [5.41, 5.74) is 1.71. The first kappa shape index (κ1) is 29.0. The molecular weight excluding hydrogens is 502 g/mol. The molecule has 2 aromatic rings. The number of hydrogen-bond donors (Lipinski definition) is 1. The van der Waals surface area contributed by atoms with Crippen LogP contribution in [0.4, 0.5) is 18.9 Å². The molecule has 0 aromatic heterocycles. The third-order valence-electron chi connectivity index (χ3n) is 5.97. The quantitative estimate of drug-likeness (QED) is 0.252. The van der Waals surface area contributed by atoms with Crippen LogP contribution in [0.5, 0.6) is 0 Å². The zero-order chi connectivity index (χ0) is 26.3. The zero-order valence-electron chi connectivity index (χ0n) is 20.1. The fourth-order valence-electron chi connectivity index (χ4n) is 3.70. The molecule has 1 amide bonds. The van der Waals surface area contributed by atoms with Gasteiger partial charge in [0.25, 0.3) is 0 Å². The van der Waals surface area contributed by atoms with Gasteiger partial charge >= 0.3 is 12.1 Å². The van der Waals surface area contributed by atoms with E-state index in [4.69, 9.17) is 27.9 Å². The molecule has 0 fully saturated rings. The average molecular weight is 532 g/mol. The Bertz CT molecular complexity index is 1030. The van der Waals surface area contributed by atoms with Gasteiger partial charge in [-0.25, -0.2) is 0 Å². The predicted octanol–water partition coefficient (Wildman–Crippen LogP) is 7.74. The van der Waals surface area contributed by atoms with E-state index in [1.165, 1.54) is 24.3 Å². The van der Waals surface area contributed by atoms with Crippen molar-refractivity contribution in [3.8, 4) is 0 Å². The second-order valence-corrected chi connectivity index (χ2v) is 9.53. The van der Waals surface area contributed by atoms with Crippen LogP contribution < -0.4 is 5.32 Å². The summed E-state index contributed by atoms with van der Waals surface area (Å²) in [5, 5.41) is 3.15. The molecule has 0 aliphatic heterocycles. The summed E-state index contributed by atoms with van der Waals surface area (Å²) in [6, 6.07) is 8.99. The van der Waals surface area contributed by atoms with Crippen LogP contribution in [0, 0.1) is 18.8 Å². The number of alkyl halides is 3. The van der Waals surface area contributed by atoms with Gasteiger partial charge in [0.15, 0.2) is 0 Å². The predicted molar refractivity (Wildman–Crippen MR) is 133 cm³/mol. The van der Waals surface area contributed by atoms with Crippen molar-refractivity contribution >= 4 is 40.8 Å². The Morgan fingerprint density at radius 1 is 1.06 bits per heavy atom. The maximum absolute atomic E-state index is 13.6. The summed E-state index contributed by atoms with van der Waals surface area (Å²) in [4.78, 5) is 25.5. The summed E-state index contributed by atoms with van der Waals surface area (Å²) >= 11 is 12.2. The van der Waals surface area contributed by atoms with E-state index in [2.05, 4.69) is 5.32 Å². The molecule has 4 nitrogen and oxygen atoms in total. The van der Waals surface area contributed by atoms with E-state index in [9.17, 15) is 22.8 Å². The highest BCUT2D eigenvalue weighted by Crippen LogP contribution is 2.39. The maximum atomic E-state index is 13.6. The number of nitrogens with one attached hydrogen (secondary N) is 1. The first-order valence-electron chi connectivity index (χ1n) is 11.4. The number of ether oxygens (including phenoxy) is 1. The number of carbonyl (C=O) groups is 2. The third-order valence-corrected chi connectivity index (χ3v) is 6.54. The fraction of sp³-hybridized carbons (Fsp3) is 0.462. The van der Waals surface area contributed by atoms with Crippen LogP contribution >= 0.6 is 23.2 Å². The lowest BCUT2D eigenvalue weighted by molar-refractivity contribution is -0.178. The van der Waals surface area contributed by atoms with Gasteiger partial charge in [-0.1, -0.05) is 68.6 Å². The summed E-state index contributed by atoms with van der Waals surface area (Å²) in [6.45, 7) is 6.76. The highest BCUT2D eigenvalue weighted by atomic mass is 35.5. The number of amides is 1. The van der Waals surface area contributed by atoms with E-state index in [1.807, 2.05) is 6.92 Å². The minimum Gasteiger partial charge on any atom is -0.465 e. The molecule has 0 bridgehead atoms. The number of carbonyl (C=O) groups excluding carboxylic acids is 2. The molecule has 192 valence electrons. The highest BCUT2D eigenvalue weighted by molar-refractivity contribution is 6.34. The normalized spacial score (nSPS) is 14.2. The van der Waals surface area contributed by atoms with E-state index >= 15 is 0 Å². The topological polar surface area (TPSA) is 55.4 Å². The fourth-order valence-corrected chi connectivity index (χ4v) is 4.07. The second-order valence-electron chi connectivity index (χ2n) is 8.68. The van der Waals surface area contributed by atoms with Crippen molar-refractivity contribution in [1.29, 1.82) is 0 Å². The molecule has 9 heteroatoms. The summed E-state index contributed by atoms with van der Waals surface area (Å²) in [5.74, 6) is -5.09. The van der Waals surface area contributed by atoms with Gasteiger partial charge in [0, 0.05) is 5.02 Å². The van der Waals surface area contributed by atoms with Crippen molar-refractivity contribution in [3.63, 3.8) is 0 Å². The van der Waals surface area contributed by atoms with Gasteiger partial charge in [0.2, 0.25) is 5.91 Å². The molecule has 0 heterocycles. The Balaban J connectivity index is 2.31. The molecule has 0 unspecified atom stereocenters. The Morgan fingerprint density at radius 2 is 1.69 bits per heavy atom. The molecule has 35 heavy (non-hydrogen) atoms. The van der Waals surface area contributed by atoms with Crippen LogP contribution in [0.1, 0.15) is 56.2 Å². The lowest BCUT2D eigenvalue weighted by Crippen LogP contribution is -2.34. The van der Waals surface area contributed by atoms with Crippen LogP contribution in [0.15, 0.2) is 36.4 Å². The van der Waals surface area contributed by atoms with Crippen molar-refractivity contribution in [3.05, 3.63) is 63.1 Å². The van der Waals surface area contributed by atoms with Crippen LogP contribution in [-0.4, -0.2) is 24.7 Å². The summed E-state index contributed by atoms with van der Waals surface area (Å²) < 4.78 is 46.2. The third kappa shape index (κ3) is 7.87. The SMILES string of the molecule is CCCCOC(=O)[C@@H](C)Cc1ccc(Cl)c(NC(=O)[C@H](c2ccc(Cl)cc2)[C@@H](C)C(F)(F)F)c1C. The van der Waals surface area contributed by atoms with E-state index in [-0.39, 0.29) is 22.2 Å². The molecule has 0 saturated heterocycles. The van der Waals surface area contributed by atoms with Crippen molar-refractivity contribution in [2.45, 2.75) is 59.1 Å². The number of hydrogen-bond acceptors (Lipinski definition) is 3. The first-order valence-corrected chi connectivity index (χ1v) is 12.2. The molecule has 0 radical (unpaired) electrons. The van der Waals surface area contributed by atoms with Crippen molar-refractivity contribution < 1.29 is 27.5 Å². The smallest absolute Gasteiger partial charge is 0.392 e. The van der Waals surface area contributed by atoms with Crippen LogP contribution in [0.25, 0.3) is 0 Å². The molecule has 0 aliphatic rings. The number of halogens is 5. The minimum atomic E-state index is -4.60. The van der Waals surface area contributed by atoms with Gasteiger partial charge in [-0.3, -0.25) is 9.59 Å². The summed E-state index contributed by atoms with van der Waals surface area (Å²) in [7, 11) is 0. The molecule has 3 atom stereocenters. The van der Waals surface area contributed by atoms with Gasteiger partial charge in [0.1, 0.15) is 0 Å². The van der Waals surface area contributed by atoms with Crippen molar-refractivity contribution in [2.24, 2.45) is 11.8 Å². The second kappa shape index (κ2) is 12.6. The van der Waals surface area contributed by atoms with Crippen LogP contribution in [0.2, 0.25) is 10.0 Å². The van der Waals surface area contributed by atoms with Gasteiger partial charge < -0.3 is 10.1 Å². The van der Waals surface area contributed by atoms with Crippen molar-refractivity contribution in [2.75, 3.05) is 11.9 Å². The van der Waals surface area contributed by atoms with Crippen molar-refractivity contribution in [1.82, 2.24) is 0 Å². The zero-order valence-corrected chi connectivity index (χ0v) is 21.7. The van der Waals surface area contributed by atoms with Gasteiger partial charge in [-0.05, 0) is 54.7 Å². The van der Waals surface area contributed by atoms with E-state index in [0.717, 1.165) is 25.3 Å². The Labute approximate surface area is 214 Å². The average Bonchev–Trinajstić information content (AvgIpc) is 2.79. The molecule has 2 aromatic carbocycles. The van der Waals surface area contributed by atoms with E-state index < -0.39 is 29.8 Å². The Hall–Kier alpha value is -2.25. The lowest BCUT2D eigenvalue weighted by atomic mass is 9.85. The Morgan fingerprint density at radius 3 is 2.26 bits per heavy atom. The molecule has 0 saturated carbocycles. The number of esters is 1. The Kier molecular flexibility index (Phi) is 10.5. The van der Waals surface area contributed by atoms with Crippen LogP contribution in [0.3, 0.4) is 0 Å². The molecule has 0 spiro atoms. The molecule has 1 N–H and O–H groups in total. The highest BCUT2D eigenvalue weighted by Gasteiger charge is 2.45. The first-order chi connectivity index (χ1) is 16.4. The van der Waals surface area contributed by atoms with Gasteiger partial charge in [-0.15, -0.1) is 0 Å². The molecule has 0 aliphatic carbocycles. The maximum Gasteiger partial charge on any atom is 0.392 e. The number of benzene rings is 2. The van der Waals surface area contributed by atoms with E-state index in [1.54, 1.807) is 26.0 Å². The molecule has 2 rings (SSSR count).